The predicted octanol–water partition coefficient (Wildman–Crippen LogP) is 2.99. The van der Waals surface area contributed by atoms with Crippen molar-refractivity contribution in [3.63, 3.8) is 0 Å². The first-order chi connectivity index (χ1) is 14.0. The maximum absolute atomic E-state index is 13.6. The molecule has 1 aliphatic heterocycles. The van der Waals surface area contributed by atoms with Gasteiger partial charge in [0, 0.05) is 25.6 Å². The van der Waals surface area contributed by atoms with Crippen LogP contribution in [0.2, 0.25) is 0 Å². The Bertz CT molecular complexity index is 682. The van der Waals surface area contributed by atoms with Crippen molar-refractivity contribution >= 4 is 11.8 Å². The third kappa shape index (κ3) is 6.26. The average Bonchev–Trinajstić information content (AvgIpc) is 2.75. The number of carbonyl (C=O) groups excluding carboxylic acids is 2. The number of rotatable bonds is 7. The molecule has 2 amide bonds. The molecule has 2 fully saturated rings. The van der Waals surface area contributed by atoms with Gasteiger partial charge in [-0.25, -0.2) is 4.39 Å². The summed E-state index contributed by atoms with van der Waals surface area (Å²) in [5.41, 5.74) is 0.628. The van der Waals surface area contributed by atoms with Gasteiger partial charge in [0.05, 0.1) is 6.54 Å². The smallest absolute Gasteiger partial charge is 0.236 e. The van der Waals surface area contributed by atoms with Crippen LogP contribution >= 0.6 is 0 Å². The fraction of sp³-hybridized carbons (Fsp3) is 0.652. The topological polar surface area (TPSA) is 52.7 Å². The number of nitrogens with one attached hydrogen (secondary N) is 1. The van der Waals surface area contributed by atoms with E-state index in [0.717, 1.165) is 38.8 Å². The van der Waals surface area contributed by atoms with Crippen LogP contribution < -0.4 is 5.32 Å². The summed E-state index contributed by atoms with van der Waals surface area (Å²) >= 11 is 0. The lowest BCUT2D eigenvalue weighted by atomic mass is 9.94. The number of benzene rings is 1. The first kappa shape index (κ1) is 21.8. The molecule has 1 aromatic carbocycles. The van der Waals surface area contributed by atoms with Gasteiger partial charge in [0.1, 0.15) is 5.82 Å². The Balaban J connectivity index is 1.35. The SMILES string of the molecule is CN(C(=O)CN1CCC(C(=O)NCCc2ccccc2F)CC1)C1CCCCC1. The normalized spacial score (nSPS) is 19.1. The molecule has 5 nitrogen and oxygen atoms in total. The van der Waals surface area contributed by atoms with Gasteiger partial charge in [-0.05, 0) is 56.8 Å². The molecule has 1 saturated heterocycles. The van der Waals surface area contributed by atoms with E-state index in [9.17, 15) is 14.0 Å². The van der Waals surface area contributed by atoms with Crippen LogP contribution in [-0.4, -0.2) is 60.9 Å². The molecule has 160 valence electrons. The molecule has 0 bridgehead atoms. The van der Waals surface area contributed by atoms with Crippen LogP contribution in [0, 0.1) is 11.7 Å². The van der Waals surface area contributed by atoms with Crippen molar-refractivity contribution in [3.05, 3.63) is 35.6 Å². The van der Waals surface area contributed by atoms with E-state index >= 15 is 0 Å². The summed E-state index contributed by atoms with van der Waals surface area (Å²) in [5.74, 6) is 0.00675. The average molecular weight is 404 g/mol. The van der Waals surface area contributed by atoms with Crippen molar-refractivity contribution in [2.75, 3.05) is 33.2 Å². The molecule has 1 aromatic rings. The fourth-order valence-electron chi connectivity index (χ4n) is 4.49. The zero-order valence-corrected chi connectivity index (χ0v) is 17.5. The van der Waals surface area contributed by atoms with Gasteiger partial charge in [0.2, 0.25) is 11.8 Å². The number of hydrogen-bond acceptors (Lipinski definition) is 3. The van der Waals surface area contributed by atoms with Crippen LogP contribution in [0.15, 0.2) is 24.3 Å². The van der Waals surface area contributed by atoms with Crippen LogP contribution in [0.5, 0.6) is 0 Å². The number of nitrogens with zero attached hydrogens (tertiary/aromatic N) is 2. The number of amides is 2. The predicted molar refractivity (Wildman–Crippen MR) is 112 cm³/mol. The highest BCUT2D eigenvalue weighted by molar-refractivity contribution is 5.79. The molecule has 0 unspecified atom stereocenters. The third-order valence-electron chi connectivity index (χ3n) is 6.48. The Hall–Kier alpha value is -1.95. The van der Waals surface area contributed by atoms with Gasteiger partial charge in [-0.15, -0.1) is 0 Å². The largest absolute Gasteiger partial charge is 0.356 e. The second kappa shape index (κ2) is 10.7. The lowest BCUT2D eigenvalue weighted by Gasteiger charge is -2.35. The first-order valence-corrected chi connectivity index (χ1v) is 11.0. The van der Waals surface area contributed by atoms with E-state index in [0.29, 0.717) is 31.1 Å². The minimum absolute atomic E-state index is 0.0157. The second-order valence-corrected chi connectivity index (χ2v) is 8.48. The molecule has 29 heavy (non-hydrogen) atoms. The van der Waals surface area contributed by atoms with E-state index in [4.69, 9.17) is 0 Å². The highest BCUT2D eigenvalue weighted by atomic mass is 19.1. The lowest BCUT2D eigenvalue weighted by Crippen LogP contribution is -2.47. The van der Waals surface area contributed by atoms with E-state index in [1.165, 1.54) is 25.3 Å². The summed E-state index contributed by atoms with van der Waals surface area (Å²) in [7, 11) is 1.94. The Morgan fingerprint density at radius 3 is 2.48 bits per heavy atom. The molecular weight excluding hydrogens is 369 g/mol. The number of likely N-dealkylation sites (tertiary alicyclic amines) is 1. The van der Waals surface area contributed by atoms with E-state index in [-0.39, 0.29) is 23.5 Å². The van der Waals surface area contributed by atoms with E-state index in [2.05, 4.69) is 10.2 Å². The van der Waals surface area contributed by atoms with Gasteiger partial charge in [0.25, 0.3) is 0 Å². The third-order valence-corrected chi connectivity index (χ3v) is 6.48. The Kier molecular flexibility index (Phi) is 8.04. The van der Waals surface area contributed by atoms with Crippen LogP contribution in [0.4, 0.5) is 4.39 Å². The van der Waals surface area contributed by atoms with Crippen LogP contribution in [0.3, 0.4) is 0 Å². The van der Waals surface area contributed by atoms with Crippen molar-refractivity contribution < 1.29 is 14.0 Å². The van der Waals surface area contributed by atoms with Gasteiger partial charge < -0.3 is 10.2 Å². The van der Waals surface area contributed by atoms with Gasteiger partial charge >= 0.3 is 0 Å². The number of piperidine rings is 1. The molecule has 0 atom stereocenters. The van der Waals surface area contributed by atoms with Crippen LogP contribution in [-0.2, 0) is 16.0 Å². The van der Waals surface area contributed by atoms with Crippen molar-refractivity contribution in [2.45, 2.75) is 57.4 Å². The van der Waals surface area contributed by atoms with Gasteiger partial charge in [-0.1, -0.05) is 37.5 Å². The van der Waals surface area contributed by atoms with Crippen molar-refractivity contribution in [3.8, 4) is 0 Å². The monoisotopic (exact) mass is 403 g/mol. The molecule has 0 radical (unpaired) electrons. The van der Waals surface area contributed by atoms with Crippen LogP contribution in [0.1, 0.15) is 50.5 Å². The molecule has 0 spiro atoms. The molecule has 1 heterocycles. The molecule has 6 heteroatoms. The van der Waals surface area contributed by atoms with E-state index < -0.39 is 0 Å². The summed E-state index contributed by atoms with van der Waals surface area (Å²) in [6.07, 6.45) is 8.01. The molecule has 3 rings (SSSR count). The summed E-state index contributed by atoms with van der Waals surface area (Å²) in [6.45, 7) is 2.45. The van der Waals surface area contributed by atoms with E-state index in [1.807, 2.05) is 18.0 Å². The number of likely N-dealkylation sites (N-methyl/N-ethyl adjacent to an activating group) is 1. The van der Waals surface area contributed by atoms with Crippen molar-refractivity contribution in [1.82, 2.24) is 15.1 Å². The Morgan fingerprint density at radius 1 is 1.10 bits per heavy atom. The van der Waals surface area contributed by atoms with Gasteiger partial charge in [-0.2, -0.15) is 0 Å². The van der Waals surface area contributed by atoms with Crippen molar-refractivity contribution in [1.29, 1.82) is 0 Å². The summed E-state index contributed by atoms with van der Waals surface area (Å²) in [4.78, 5) is 29.1. The summed E-state index contributed by atoms with van der Waals surface area (Å²) < 4.78 is 13.6. The van der Waals surface area contributed by atoms with Crippen LogP contribution in [0.25, 0.3) is 0 Å². The zero-order chi connectivity index (χ0) is 20.6. The summed E-state index contributed by atoms with van der Waals surface area (Å²) in [5, 5.41) is 2.95. The molecule has 2 aliphatic rings. The van der Waals surface area contributed by atoms with E-state index in [1.54, 1.807) is 12.1 Å². The van der Waals surface area contributed by atoms with Gasteiger partial charge in [0.15, 0.2) is 0 Å². The summed E-state index contributed by atoms with van der Waals surface area (Å²) in [6, 6.07) is 7.07. The zero-order valence-electron chi connectivity index (χ0n) is 17.5. The Labute approximate surface area is 173 Å². The maximum Gasteiger partial charge on any atom is 0.236 e. The maximum atomic E-state index is 13.6. The standard InChI is InChI=1S/C23H34FN3O2/c1-26(20-8-3-2-4-9-20)22(28)17-27-15-12-19(13-16-27)23(29)25-14-11-18-7-5-6-10-21(18)24/h5-7,10,19-20H,2-4,8-9,11-17H2,1H3,(H,25,29). The highest BCUT2D eigenvalue weighted by Crippen LogP contribution is 2.22. The molecule has 1 N–H and O–H groups in total. The molecule has 1 saturated carbocycles. The minimum atomic E-state index is -0.224. The minimum Gasteiger partial charge on any atom is -0.356 e. The van der Waals surface area contributed by atoms with Gasteiger partial charge in [-0.3, -0.25) is 14.5 Å². The fourth-order valence-corrected chi connectivity index (χ4v) is 4.49. The van der Waals surface area contributed by atoms with Crippen molar-refractivity contribution in [2.24, 2.45) is 5.92 Å². The molecule has 1 aliphatic carbocycles. The highest BCUT2D eigenvalue weighted by Gasteiger charge is 2.28. The Morgan fingerprint density at radius 2 is 1.79 bits per heavy atom. The molecular formula is C23H34FN3O2. The number of hydrogen-bond donors (Lipinski definition) is 1. The number of carbonyl (C=O) groups is 2. The quantitative estimate of drug-likeness (QED) is 0.762. The second-order valence-electron chi connectivity index (χ2n) is 8.48. The first-order valence-electron chi connectivity index (χ1n) is 11.0. The molecule has 0 aromatic heterocycles. The number of halogens is 1. The lowest BCUT2D eigenvalue weighted by molar-refractivity contribution is -0.134.